The average Bonchev–Trinajstić information content (AvgIpc) is 3.43. The molecule has 5 nitrogen and oxygen atoms in total. The Bertz CT molecular complexity index is 1080. The van der Waals surface area contributed by atoms with Crippen molar-refractivity contribution in [2.24, 2.45) is 0 Å². The molecule has 1 N–H and O–H groups in total. The van der Waals surface area contributed by atoms with Gasteiger partial charge >= 0.3 is 0 Å². The second-order valence-corrected chi connectivity index (χ2v) is 9.65. The monoisotopic (exact) mass is 424 g/mol. The molecular formula is C22H20N2O3S2. The van der Waals surface area contributed by atoms with Gasteiger partial charge in [-0.05, 0) is 28.0 Å². The van der Waals surface area contributed by atoms with Crippen molar-refractivity contribution in [3.05, 3.63) is 80.7 Å². The molecule has 0 fully saturated rings. The Morgan fingerprint density at radius 2 is 1.83 bits per heavy atom. The molecule has 29 heavy (non-hydrogen) atoms. The lowest BCUT2D eigenvalue weighted by Gasteiger charge is -2.25. The van der Waals surface area contributed by atoms with Gasteiger partial charge in [0.15, 0.2) is 10.9 Å². The van der Waals surface area contributed by atoms with Crippen LogP contribution < -0.4 is 4.90 Å². The van der Waals surface area contributed by atoms with Crippen molar-refractivity contribution >= 4 is 39.5 Å². The van der Waals surface area contributed by atoms with E-state index < -0.39 is 17.7 Å². The predicted molar refractivity (Wildman–Crippen MR) is 116 cm³/mol. The van der Waals surface area contributed by atoms with Gasteiger partial charge in [-0.2, -0.15) is 0 Å². The average molecular weight is 425 g/mol. The number of rotatable bonds is 4. The summed E-state index contributed by atoms with van der Waals surface area (Å²) in [6.07, 6.45) is 1.60. The van der Waals surface area contributed by atoms with Crippen LogP contribution in [-0.2, 0) is 10.2 Å². The van der Waals surface area contributed by atoms with Gasteiger partial charge in [0.25, 0.3) is 5.91 Å². The number of carbonyl (C=O) groups excluding carboxylic acids is 2. The SMILES string of the molecule is CC(C)(C)c1ccc(C2C(C(=O)c3cccs3)=C(O)C(=O)N2c2nccs2)cc1. The largest absolute Gasteiger partial charge is 0.503 e. The van der Waals surface area contributed by atoms with Crippen molar-refractivity contribution in [1.82, 2.24) is 4.98 Å². The second-order valence-electron chi connectivity index (χ2n) is 7.83. The molecule has 1 aromatic carbocycles. The Labute approximate surface area is 177 Å². The van der Waals surface area contributed by atoms with Gasteiger partial charge in [0.1, 0.15) is 0 Å². The van der Waals surface area contributed by atoms with Crippen LogP contribution in [0.1, 0.15) is 47.6 Å². The van der Waals surface area contributed by atoms with Crippen molar-refractivity contribution in [3.63, 3.8) is 0 Å². The van der Waals surface area contributed by atoms with E-state index in [1.54, 1.807) is 29.1 Å². The van der Waals surface area contributed by atoms with Gasteiger partial charge in [-0.25, -0.2) is 4.98 Å². The smallest absolute Gasteiger partial charge is 0.296 e. The lowest BCUT2D eigenvalue weighted by Crippen LogP contribution is -2.31. The van der Waals surface area contributed by atoms with Crippen LogP contribution in [0.15, 0.2) is 64.7 Å². The van der Waals surface area contributed by atoms with E-state index in [9.17, 15) is 14.7 Å². The molecule has 0 saturated heterocycles. The number of amides is 1. The molecule has 4 rings (SSSR count). The maximum absolute atomic E-state index is 13.2. The van der Waals surface area contributed by atoms with Gasteiger partial charge in [0.2, 0.25) is 5.78 Å². The fourth-order valence-electron chi connectivity index (χ4n) is 3.39. The molecule has 1 aliphatic heterocycles. The van der Waals surface area contributed by atoms with Crippen LogP contribution in [0.3, 0.4) is 0 Å². The van der Waals surface area contributed by atoms with Crippen LogP contribution in [0.25, 0.3) is 0 Å². The number of anilines is 1. The van der Waals surface area contributed by atoms with Crippen LogP contribution in [0, 0.1) is 0 Å². The first-order valence-electron chi connectivity index (χ1n) is 9.14. The molecule has 0 aliphatic carbocycles. The maximum atomic E-state index is 13.2. The molecular weight excluding hydrogens is 404 g/mol. The van der Waals surface area contributed by atoms with Gasteiger partial charge in [0.05, 0.1) is 16.5 Å². The zero-order valence-electron chi connectivity index (χ0n) is 16.2. The standard InChI is InChI=1S/C22H20N2O3S2/c1-22(2,3)14-8-6-13(7-9-14)17-16(18(25)15-5-4-11-28-15)19(26)20(27)24(17)21-23-10-12-29-21/h4-12,17,26H,1-3H3. The summed E-state index contributed by atoms with van der Waals surface area (Å²) in [4.78, 5) is 32.3. The minimum absolute atomic E-state index is 0.0212. The number of Topliss-reactive ketones (excluding diaryl/α,β-unsaturated/α-hetero) is 1. The normalized spacial score (nSPS) is 17.3. The fraction of sp³-hybridized carbons (Fsp3) is 0.227. The van der Waals surface area contributed by atoms with E-state index in [-0.39, 0.29) is 16.8 Å². The number of thiazole rings is 1. The summed E-state index contributed by atoms with van der Waals surface area (Å²) in [5.74, 6) is -1.46. The number of aliphatic hydroxyl groups is 1. The highest BCUT2D eigenvalue weighted by Gasteiger charge is 2.45. The minimum atomic E-state index is -0.725. The number of aliphatic hydroxyl groups excluding tert-OH is 1. The summed E-state index contributed by atoms with van der Waals surface area (Å²) < 4.78 is 0. The summed E-state index contributed by atoms with van der Waals surface area (Å²) in [6, 6.07) is 10.6. The molecule has 1 unspecified atom stereocenters. The van der Waals surface area contributed by atoms with Crippen molar-refractivity contribution in [2.75, 3.05) is 4.90 Å². The second kappa shape index (κ2) is 7.24. The van der Waals surface area contributed by atoms with Crippen molar-refractivity contribution in [3.8, 4) is 0 Å². The molecule has 2 aromatic heterocycles. The molecule has 0 spiro atoms. The summed E-state index contributed by atoms with van der Waals surface area (Å²) in [6.45, 7) is 6.38. The Balaban J connectivity index is 1.84. The molecule has 3 aromatic rings. The topological polar surface area (TPSA) is 70.5 Å². The van der Waals surface area contributed by atoms with Crippen LogP contribution in [-0.4, -0.2) is 21.8 Å². The molecule has 1 aliphatic rings. The van der Waals surface area contributed by atoms with E-state index in [1.807, 2.05) is 24.3 Å². The van der Waals surface area contributed by atoms with Crippen LogP contribution in [0.2, 0.25) is 0 Å². The van der Waals surface area contributed by atoms with E-state index in [2.05, 4.69) is 25.8 Å². The number of carbonyl (C=O) groups is 2. The first-order chi connectivity index (χ1) is 13.8. The van der Waals surface area contributed by atoms with Crippen molar-refractivity contribution in [2.45, 2.75) is 32.2 Å². The summed E-state index contributed by atoms with van der Waals surface area (Å²) in [5.41, 5.74) is 1.97. The Morgan fingerprint density at radius 1 is 1.10 bits per heavy atom. The maximum Gasteiger partial charge on any atom is 0.296 e. The summed E-state index contributed by atoms with van der Waals surface area (Å²) in [5, 5.41) is 14.7. The molecule has 1 atom stereocenters. The highest BCUT2D eigenvalue weighted by atomic mass is 32.1. The van der Waals surface area contributed by atoms with E-state index >= 15 is 0 Å². The number of nitrogens with zero attached hydrogens (tertiary/aromatic N) is 2. The van der Waals surface area contributed by atoms with E-state index in [4.69, 9.17) is 0 Å². The van der Waals surface area contributed by atoms with Gasteiger partial charge in [-0.1, -0.05) is 51.1 Å². The molecule has 0 saturated carbocycles. The van der Waals surface area contributed by atoms with Gasteiger partial charge < -0.3 is 5.11 Å². The first kappa shape index (κ1) is 19.5. The lowest BCUT2D eigenvalue weighted by atomic mass is 9.85. The Kier molecular flexibility index (Phi) is 4.88. The minimum Gasteiger partial charge on any atom is -0.503 e. The quantitative estimate of drug-likeness (QED) is 0.578. The van der Waals surface area contributed by atoms with Gasteiger partial charge in [-0.15, -0.1) is 22.7 Å². The first-order valence-corrected chi connectivity index (χ1v) is 10.9. The number of thiophene rings is 1. The number of hydrogen-bond donors (Lipinski definition) is 1. The molecule has 0 bridgehead atoms. The lowest BCUT2D eigenvalue weighted by molar-refractivity contribution is -0.117. The van der Waals surface area contributed by atoms with Crippen molar-refractivity contribution < 1.29 is 14.7 Å². The zero-order valence-corrected chi connectivity index (χ0v) is 17.9. The van der Waals surface area contributed by atoms with Crippen molar-refractivity contribution in [1.29, 1.82) is 0 Å². The van der Waals surface area contributed by atoms with Crippen LogP contribution in [0.4, 0.5) is 5.13 Å². The highest BCUT2D eigenvalue weighted by Crippen LogP contribution is 2.43. The molecule has 3 heterocycles. The summed E-state index contributed by atoms with van der Waals surface area (Å²) in [7, 11) is 0. The highest BCUT2D eigenvalue weighted by molar-refractivity contribution is 7.14. The van der Waals surface area contributed by atoms with Gasteiger partial charge in [0, 0.05) is 11.6 Å². The Morgan fingerprint density at radius 3 is 2.38 bits per heavy atom. The van der Waals surface area contributed by atoms with E-state index in [1.165, 1.54) is 27.6 Å². The fourth-order valence-corrected chi connectivity index (χ4v) is 4.74. The number of benzene rings is 1. The molecule has 148 valence electrons. The number of aromatic nitrogens is 1. The zero-order chi connectivity index (χ0) is 20.8. The third-order valence-corrected chi connectivity index (χ3v) is 6.55. The van der Waals surface area contributed by atoms with E-state index in [0.717, 1.165) is 11.1 Å². The Hall–Kier alpha value is -2.77. The van der Waals surface area contributed by atoms with E-state index in [0.29, 0.717) is 10.0 Å². The predicted octanol–water partition coefficient (Wildman–Crippen LogP) is 5.29. The number of hydrogen-bond acceptors (Lipinski definition) is 6. The molecule has 1 amide bonds. The summed E-state index contributed by atoms with van der Waals surface area (Å²) >= 11 is 2.58. The van der Waals surface area contributed by atoms with Gasteiger partial charge in [-0.3, -0.25) is 14.5 Å². The van der Waals surface area contributed by atoms with Crippen LogP contribution in [0.5, 0.6) is 0 Å². The molecule has 7 heteroatoms. The third kappa shape index (κ3) is 3.41. The van der Waals surface area contributed by atoms with Crippen LogP contribution >= 0.6 is 22.7 Å². The molecule has 0 radical (unpaired) electrons. The third-order valence-electron chi connectivity index (χ3n) is 4.92. The number of ketones is 1.